The zero-order valence-electron chi connectivity index (χ0n) is 22.9. The fraction of sp³-hybridized carbons (Fsp3) is 0.367. The summed E-state index contributed by atoms with van der Waals surface area (Å²) in [5.74, 6) is 0.928. The molecule has 9 heteroatoms. The van der Waals surface area contributed by atoms with Crippen LogP contribution in [-0.2, 0) is 27.7 Å². The van der Waals surface area contributed by atoms with E-state index >= 15 is 0 Å². The number of amides is 1. The van der Waals surface area contributed by atoms with Crippen LogP contribution in [0.4, 0.5) is 0 Å². The molecule has 0 saturated heterocycles. The molecular weight excluding hydrogens is 516 g/mol. The van der Waals surface area contributed by atoms with Crippen LogP contribution in [0, 0.1) is 5.92 Å². The van der Waals surface area contributed by atoms with E-state index in [2.05, 4.69) is 5.32 Å². The summed E-state index contributed by atoms with van der Waals surface area (Å²) in [5, 5.41) is 14.3. The number of hydrogen-bond donors (Lipinski definition) is 2. The van der Waals surface area contributed by atoms with Crippen molar-refractivity contribution in [1.29, 1.82) is 0 Å². The summed E-state index contributed by atoms with van der Waals surface area (Å²) in [5.41, 5.74) is 1.68. The summed E-state index contributed by atoms with van der Waals surface area (Å²) in [7, 11) is -0.838. The summed E-state index contributed by atoms with van der Waals surface area (Å²) in [6, 6.07) is 22.2. The van der Waals surface area contributed by atoms with Crippen LogP contribution in [-0.4, -0.2) is 63.2 Å². The van der Waals surface area contributed by atoms with Crippen molar-refractivity contribution in [2.24, 2.45) is 5.92 Å². The molecule has 0 bridgehead atoms. The van der Waals surface area contributed by atoms with Crippen LogP contribution >= 0.6 is 0 Å². The highest BCUT2D eigenvalue weighted by atomic mass is 32.2. The number of aliphatic hydroxyl groups is 1. The van der Waals surface area contributed by atoms with Gasteiger partial charge in [0.05, 0.1) is 37.7 Å². The predicted octanol–water partition coefficient (Wildman–Crippen LogP) is 3.68. The van der Waals surface area contributed by atoms with E-state index in [1.165, 1.54) is 23.5 Å². The lowest BCUT2D eigenvalue weighted by molar-refractivity contribution is -0.122. The Morgan fingerprint density at radius 3 is 2.13 bits per heavy atom. The molecule has 0 saturated carbocycles. The third-order valence-corrected chi connectivity index (χ3v) is 8.11. The Balaban J connectivity index is 1.83. The van der Waals surface area contributed by atoms with Crippen LogP contribution in [0.1, 0.15) is 25.0 Å². The fourth-order valence-electron chi connectivity index (χ4n) is 4.29. The van der Waals surface area contributed by atoms with Crippen molar-refractivity contribution in [3.05, 3.63) is 90.0 Å². The Bertz CT molecular complexity index is 1300. The van der Waals surface area contributed by atoms with Gasteiger partial charge in [-0.1, -0.05) is 56.3 Å². The van der Waals surface area contributed by atoms with Gasteiger partial charge in [0.2, 0.25) is 15.9 Å². The summed E-state index contributed by atoms with van der Waals surface area (Å²) < 4.78 is 38.9. The minimum atomic E-state index is -3.92. The van der Waals surface area contributed by atoms with E-state index in [1.54, 1.807) is 31.4 Å². The van der Waals surface area contributed by atoms with Crippen molar-refractivity contribution in [3.8, 4) is 11.5 Å². The van der Waals surface area contributed by atoms with Crippen molar-refractivity contribution in [3.63, 3.8) is 0 Å². The second-order valence-electron chi connectivity index (χ2n) is 9.85. The van der Waals surface area contributed by atoms with Crippen molar-refractivity contribution in [2.75, 3.05) is 27.3 Å². The van der Waals surface area contributed by atoms with Crippen molar-refractivity contribution in [1.82, 2.24) is 9.62 Å². The molecular formula is C30H38N2O6S. The summed E-state index contributed by atoms with van der Waals surface area (Å²) in [4.78, 5) is 13.2. The number of methoxy groups -OCH3 is 2. The Morgan fingerprint density at radius 2 is 1.51 bits per heavy atom. The molecule has 0 aliphatic carbocycles. The summed E-state index contributed by atoms with van der Waals surface area (Å²) in [6.07, 6.45) is -0.731. The van der Waals surface area contributed by atoms with Crippen LogP contribution < -0.4 is 14.8 Å². The summed E-state index contributed by atoms with van der Waals surface area (Å²) >= 11 is 0. The number of ether oxygens (including phenoxy) is 2. The standard InChI is InChI=1S/C30H38N2O6S/c1-22(2)20-32(39(35,36)27-15-13-25(37-3)14-16-27)21-29(33)28(18-23-9-6-5-7-10-23)31-30(34)19-24-11-8-12-26(17-24)38-4/h5-17,22,28-29,33H,18-21H2,1-4H3,(H,31,34)/t28-,29+/m0/s1. The Labute approximate surface area is 231 Å². The van der Waals surface area contributed by atoms with E-state index in [4.69, 9.17) is 9.47 Å². The topological polar surface area (TPSA) is 105 Å². The second kappa shape index (κ2) is 14.1. The molecule has 0 spiro atoms. The number of carbonyl (C=O) groups is 1. The average molecular weight is 555 g/mol. The van der Waals surface area contributed by atoms with Crippen molar-refractivity contribution < 1.29 is 27.8 Å². The predicted molar refractivity (Wildman–Crippen MR) is 151 cm³/mol. The first-order chi connectivity index (χ1) is 18.6. The second-order valence-corrected chi connectivity index (χ2v) is 11.8. The molecule has 0 radical (unpaired) electrons. The first-order valence-corrected chi connectivity index (χ1v) is 14.3. The van der Waals surface area contributed by atoms with Gasteiger partial charge in [-0.2, -0.15) is 4.31 Å². The third kappa shape index (κ3) is 8.81. The maximum absolute atomic E-state index is 13.6. The first-order valence-electron chi connectivity index (χ1n) is 12.9. The minimum absolute atomic E-state index is 0.0143. The van der Waals surface area contributed by atoms with Gasteiger partial charge in [-0.15, -0.1) is 0 Å². The van der Waals surface area contributed by atoms with Gasteiger partial charge < -0.3 is 19.9 Å². The van der Waals surface area contributed by atoms with E-state index in [1.807, 2.05) is 56.3 Å². The zero-order valence-corrected chi connectivity index (χ0v) is 23.7. The first kappa shape index (κ1) is 30.1. The quantitative estimate of drug-likeness (QED) is 0.315. The number of nitrogens with one attached hydrogen (secondary N) is 1. The minimum Gasteiger partial charge on any atom is -0.497 e. The van der Waals surface area contributed by atoms with Crippen molar-refractivity contribution in [2.45, 2.75) is 43.7 Å². The summed E-state index contributed by atoms with van der Waals surface area (Å²) in [6.45, 7) is 3.87. The molecule has 0 heterocycles. The van der Waals surface area contributed by atoms with E-state index < -0.39 is 22.2 Å². The van der Waals surface area contributed by atoms with E-state index in [0.717, 1.165) is 11.1 Å². The molecule has 8 nitrogen and oxygen atoms in total. The molecule has 3 rings (SSSR count). The number of hydrogen-bond acceptors (Lipinski definition) is 6. The zero-order chi connectivity index (χ0) is 28.4. The van der Waals surface area contributed by atoms with Gasteiger partial charge >= 0.3 is 0 Å². The average Bonchev–Trinajstić information content (AvgIpc) is 2.92. The highest BCUT2D eigenvalue weighted by Gasteiger charge is 2.31. The molecule has 0 aliphatic heterocycles. The highest BCUT2D eigenvalue weighted by Crippen LogP contribution is 2.22. The number of carbonyl (C=O) groups excluding carboxylic acids is 1. The maximum Gasteiger partial charge on any atom is 0.243 e. The molecule has 39 heavy (non-hydrogen) atoms. The normalized spacial score (nSPS) is 13.2. The molecule has 0 unspecified atom stereocenters. The number of rotatable bonds is 14. The molecule has 3 aromatic carbocycles. The largest absolute Gasteiger partial charge is 0.497 e. The molecule has 2 N–H and O–H groups in total. The Hall–Kier alpha value is -3.40. The monoisotopic (exact) mass is 554 g/mol. The number of aliphatic hydroxyl groups excluding tert-OH is 1. The smallest absolute Gasteiger partial charge is 0.243 e. The molecule has 0 aromatic heterocycles. The van der Waals surface area contributed by atoms with Crippen LogP contribution in [0.5, 0.6) is 11.5 Å². The van der Waals surface area contributed by atoms with E-state index in [0.29, 0.717) is 17.9 Å². The highest BCUT2D eigenvalue weighted by molar-refractivity contribution is 7.89. The van der Waals surface area contributed by atoms with E-state index in [-0.39, 0.29) is 36.2 Å². The van der Waals surface area contributed by atoms with Gasteiger partial charge in [-0.3, -0.25) is 4.79 Å². The Kier molecular flexibility index (Phi) is 10.9. The maximum atomic E-state index is 13.6. The number of nitrogens with zero attached hydrogens (tertiary/aromatic N) is 1. The van der Waals surface area contributed by atoms with Crippen LogP contribution in [0.3, 0.4) is 0 Å². The fourth-order valence-corrected chi connectivity index (χ4v) is 5.91. The van der Waals surface area contributed by atoms with E-state index in [9.17, 15) is 18.3 Å². The molecule has 0 fully saturated rings. The van der Waals surface area contributed by atoms with Gasteiger partial charge in [-0.05, 0) is 59.9 Å². The lowest BCUT2D eigenvalue weighted by atomic mass is 10.00. The lowest BCUT2D eigenvalue weighted by Crippen LogP contribution is -2.51. The van der Waals surface area contributed by atoms with Gasteiger partial charge in [0.15, 0.2) is 0 Å². The molecule has 1 amide bonds. The van der Waals surface area contributed by atoms with Crippen molar-refractivity contribution >= 4 is 15.9 Å². The van der Waals surface area contributed by atoms with Crippen LogP contribution in [0.25, 0.3) is 0 Å². The number of sulfonamides is 1. The van der Waals surface area contributed by atoms with Gasteiger partial charge in [0.25, 0.3) is 0 Å². The third-order valence-electron chi connectivity index (χ3n) is 6.26. The lowest BCUT2D eigenvalue weighted by Gasteiger charge is -2.31. The molecule has 2 atom stereocenters. The number of benzene rings is 3. The molecule has 3 aromatic rings. The van der Waals surface area contributed by atoms with Gasteiger partial charge in [0.1, 0.15) is 11.5 Å². The Morgan fingerprint density at radius 1 is 0.872 bits per heavy atom. The molecule has 0 aliphatic rings. The van der Waals surface area contributed by atoms with Crippen LogP contribution in [0.2, 0.25) is 0 Å². The molecule has 210 valence electrons. The van der Waals surface area contributed by atoms with Gasteiger partial charge in [-0.25, -0.2) is 8.42 Å². The van der Waals surface area contributed by atoms with Gasteiger partial charge in [0, 0.05) is 13.1 Å². The van der Waals surface area contributed by atoms with Crippen LogP contribution in [0.15, 0.2) is 83.8 Å². The SMILES string of the molecule is COc1ccc(S(=O)(=O)N(CC(C)C)C[C@@H](O)[C@H](Cc2ccccc2)NC(=O)Cc2cccc(OC)c2)cc1.